The Labute approximate surface area is 151 Å². The number of hydrogen-bond donors (Lipinski definition) is 2. The molecule has 0 radical (unpaired) electrons. The largest absolute Gasteiger partial charge is 0.353 e. The number of thioether (sulfide) groups is 1. The third-order valence-corrected chi connectivity index (χ3v) is 5.94. The molecule has 0 spiro atoms. The van der Waals surface area contributed by atoms with Gasteiger partial charge in [0, 0.05) is 11.7 Å². The van der Waals surface area contributed by atoms with E-state index in [9.17, 15) is 4.79 Å². The topological polar surface area (TPSA) is 66.9 Å². The van der Waals surface area contributed by atoms with Crippen molar-refractivity contribution in [2.45, 2.75) is 45.0 Å². The Balaban J connectivity index is 1.89. The molecule has 0 saturated heterocycles. The lowest BCUT2D eigenvalue weighted by Crippen LogP contribution is -2.37. The molecule has 1 heterocycles. The van der Waals surface area contributed by atoms with E-state index in [0.29, 0.717) is 11.7 Å². The zero-order valence-corrected chi connectivity index (χ0v) is 16.3. The van der Waals surface area contributed by atoms with Crippen molar-refractivity contribution < 1.29 is 4.79 Å². The minimum Gasteiger partial charge on any atom is -0.353 e. The average Bonchev–Trinajstić information content (AvgIpc) is 2.97. The zero-order valence-electron chi connectivity index (χ0n) is 14.7. The molecule has 0 saturated carbocycles. The third kappa shape index (κ3) is 5.21. The average molecular weight is 365 g/mol. The monoisotopic (exact) mass is 364 g/mol. The predicted octanol–water partition coefficient (Wildman–Crippen LogP) is 4.15. The summed E-state index contributed by atoms with van der Waals surface area (Å²) in [6.45, 7) is 10.4. The van der Waals surface area contributed by atoms with Gasteiger partial charge in [0.2, 0.25) is 11.0 Å². The first-order valence-corrected chi connectivity index (χ1v) is 9.76. The van der Waals surface area contributed by atoms with Gasteiger partial charge in [0.25, 0.3) is 0 Å². The van der Waals surface area contributed by atoms with Gasteiger partial charge in [-0.2, -0.15) is 0 Å². The van der Waals surface area contributed by atoms with Crippen LogP contribution >= 0.6 is 23.1 Å². The van der Waals surface area contributed by atoms with Gasteiger partial charge in [-0.05, 0) is 43.9 Å². The number of carbonyl (C=O) groups excluding carboxylic acids is 1. The molecule has 0 aliphatic heterocycles. The highest BCUT2D eigenvalue weighted by Crippen LogP contribution is 2.29. The molecule has 7 heteroatoms. The molecule has 1 atom stereocenters. The van der Waals surface area contributed by atoms with Crippen LogP contribution in [0.4, 0.5) is 10.8 Å². The van der Waals surface area contributed by atoms with E-state index in [0.717, 1.165) is 15.2 Å². The van der Waals surface area contributed by atoms with Crippen LogP contribution in [0, 0.1) is 19.8 Å². The molecule has 2 N–H and O–H groups in total. The number of nitrogens with one attached hydrogen (secondary N) is 2. The number of rotatable bonds is 7. The smallest absolute Gasteiger partial charge is 0.230 e. The van der Waals surface area contributed by atoms with Crippen molar-refractivity contribution in [1.82, 2.24) is 15.5 Å². The molecular weight excluding hydrogens is 340 g/mol. The molecule has 1 amide bonds. The molecule has 130 valence electrons. The van der Waals surface area contributed by atoms with E-state index in [-0.39, 0.29) is 11.9 Å². The van der Waals surface area contributed by atoms with Crippen LogP contribution in [-0.2, 0) is 4.79 Å². The Morgan fingerprint density at radius 2 is 2.00 bits per heavy atom. The predicted molar refractivity (Wildman–Crippen MR) is 102 cm³/mol. The number of nitrogens with zero attached hydrogens (tertiary/aromatic N) is 2. The summed E-state index contributed by atoms with van der Waals surface area (Å²) in [6.07, 6.45) is 0. The van der Waals surface area contributed by atoms with Gasteiger partial charge in [-0.15, -0.1) is 10.2 Å². The van der Waals surface area contributed by atoms with Gasteiger partial charge in [0.05, 0.1) is 5.75 Å². The van der Waals surface area contributed by atoms with Crippen molar-refractivity contribution in [2.24, 2.45) is 5.92 Å². The van der Waals surface area contributed by atoms with Crippen molar-refractivity contribution in [1.29, 1.82) is 0 Å². The molecule has 1 unspecified atom stereocenters. The first-order chi connectivity index (χ1) is 11.4. The summed E-state index contributed by atoms with van der Waals surface area (Å²) in [4.78, 5) is 11.9. The van der Waals surface area contributed by atoms with Gasteiger partial charge in [0.15, 0.2) is 4.34 Å². The SMILES string of the molecule is Cc1cccc(Nc2nnc(SCC(=O)NC(C)C(C)C)s2)c1C. The van der Waals surface area contributed by atoms with Crippen molar-refractivity contribution in [3.63, 3.8) is 0 Å². The minimum atomic E-state index is 0.0282. The van der Waals surface area contributed by atoms with Crippen LogP contribution in [0.1, 0.15) is 31.9 Å². The Kier molecular flexibility index (Phi) is 6.62. The molecule has 2 aromatic rings. The molecule has 24 heavy (non-hydrogen) atoms. The lowest BCUT2D eigenvalue weighted by molar-refractivity contribution is -0.119. The summed E-state index contributed by atoms with van der Waals surface area (Å²) in [5, 5.41) is 15.3. The van der Waals surface area contributed by atoms with E-state index in [2.05, 4.69) is 54.6 Å². The standard InChI is InChI=1S/C17H24N4OS2/c1-10(2)13(5)18-15(22)9-23-17-21-20-16(24-17)19-14-8-6-7-11(3)12(14)4/h6-8,10,13H,9H2,1-5H3,(H,18,22)(H,19,20). The first-order valence-electron chi connectivity index (χ1n) is 7.95. The summed E-state index contributed by atoms with van der Waals surface area (Å²) in [6, 6.07) is 6.30. The highest BCUT2D eigenvalue weighted by molar-refractivity contribution is 8.01. The van der Waals surface area contributed by atoms with Gasteiger partial charge in [-0.25, -0.2) is 0 Å². The Morgan fingerprint density at radius 3 is 2.71 bits per heavy atom. The highest BCUT2D eigenvalue weighted by Gasteiger charge is 2.13. The van der Waals surface area contributed by atoms with Crippen LogP contribution in [0.5, 0.6) is 0 Å². The molecule has 0 aliphatic carbocycles. The van der Waals surface area contributed by atoms with Crippen LogP contribution in [0.3, 0.4) is 0 Å². The van der Waals surface area contributed by atoms with Crippen molar-refractivity contribution in [3.8, 4) is 0 Å². The maximum atomic E-state index is 11.9. The van der Waals surface area contributed by atoms with E-state index in [4.69, 9.17) is 0 Å². The number of benzene rings is 1. The fourth-order valence-electron chi connectivity index (χ4n) is 1.91. The number of anilines is 2. The molecular formula is C17H24N4OS2. The Hall–Kier alpha value is -1.60. The number of hydrogen-bond acceptors (Lipinski definition) is 6. The first kappa shape index (κ1) is 18.7. The van der Waals surface area contributed by atoms with Gasteiger partial charge < -0.3 is 10.6 Å². The third-order valence-electron chi connectivity index (χ3n) is 3.97. The van der Waals surface area contributed by atoms with Crippen LogP contribution in [0.15, 0.2) is 22.5 Å². The van der Waals surface area contributed by atoms with E-state index < -0.39 is 0 Å². The summed E-state index contributed by atoms with van der Waals surface area (Å²) < 4.78 is 0.787. The lowest BCUT2D eigenvalue weighted by Gasteiger charge is -2.16. The second kappa shape index (κ2) is 8.48. The number of aryl methyl sites for hydroxylation is 1. The second-order valence-corrected chi connectivity index (χ2v) is 8.33. The highest BCUT2D eigenvalue weighted by atomic mass is 32.2. The summed E-state index contributed by atoms with van der Waals surface area (Å²) in [5.41, 5.74) is 3.46. The molecule has 1 aromatic carbocycles. The summed E-state index contributed by atoms with van der Waals surface area (Å²) >= 11 is 2.87. The van der Waals surface area contributed by atoms with Crippen LogP contribution in [0.25, 0.3) is 0 Å². The van der Waals surface area contributed by atoms with Crippen LogP contribution in [0.2, 0.25) is 0 Å². The van der Waals surface area contributed by atoms with E-state index >= 15 is 0 Å². The maximum Gasteiger partial charge on any atom is 0.230 e. The molecule has 0 aliphatic rings. The number of aromatic nitrogens is 2. The number of amides is 1. The van der Waals surface area contributed by atoms with Gasteiger partial charge in [-0.1, -0.05) is 49.1 Å². The van der Waals surface area contributed by atoms with Crippen LogP contribution in [-0.4, -0.2) is 27.9 Å². The fraction of sp³-hybridized carbons (Fsp3) is 0.471. The van der Waals surface area contributed by atoms with Crippen molar-refractivity contribution >= 4 is 39.8 Å². The number of carbonyl (C=O) groups is 1. The second-order valence-electron chi connectivity index (χ2n) is 6.13. The Morgan fingerprint density at radius 1 is 1.25 bits per heavy atom. The molecule has 5 nitrogen and oxygen atoms in total. The summed E-state index contributed by atoms with van der Waals surface area (Å²) in [7, 11) is 0. The van der Waals surface area contributed by atoms with Gasteiger partial charge in [0.1, 0.15) is 0 Å². The Bertz CT molecular complexity index is 700. The normalized spacial score (nSPS) is 12.2. The van der Waals surface area contributed by atoms with Crippen LogP contribution < -0.4 is 10.6 Å². The van der Waals surface area contributed by atoms with E-state index in [1.165, 1.54) is 34.2 Å². The van der Waals surface area contributed by atoms with E-state index in [1.54, 1.807) is 0 Å². The van der Waals surface area contributed by atoms with Crippen molar-refractivity contribution in [2.75, 3.05) is 11.1 Å². The molecule has 1 aromatic heterocycles. The van der Waals surface area contributed by atoms with Gasteiger partial charge >= 0.3 is 0 Å². The molecule has 0 fully saturated rings. The van der Waals surface area contributed by atoms with E-state index in [1.807, 2.05) is 19.1 Å². The quantitative estimate of drug-likeness (QED) is 0.723. The summed E-state index contributed by atoms with van der Waals surface area (Å²) in [5.74, 6) is 0.809. The zero-order chi connectivity index (χ0) is 17.7. The maximum absolute atomic E-state index is 11.9. The molecule has 2 rings (SSSR count). The molecule has 0 bridgehead atoms. The fourth-order valence-corrected chi connectivity index (χ4v) is 3.49. The minimum absolute atomic E-state index is 0.0282. The van der Waals surface area contributed by atoms with Crippen molar-refractivity contribution in [3.05, 3.63) is 29.3 Å². The van der Waals surface area contributed by atoms with Gasteiger partial charge in [-0.3, -0.25) is 4.79 Å². The lowest BCUT2D eigenvalue weighted by atomic mass is 10.1.